The van der Waals surface area contributed by atoms with E-state index in [0.29, 0.717) is 5.84 Å². The van der Waals surface area contributed by atoms with E-state index in [1.165, 1.54) is 0 Å². The molecule has 0 aliphatic carbocycles. The number of amidine groups is 2. The maximum atomic E-state index is 5.18. The second-order valence-corrected chi connectivity index (χ2v) is 10.4. The minimum Gasteiger partial charge on any atom is -0.333 e. The van der Waals surface area contributed by atoms with Gasteiger partial charge in [0.15, 0.2) is 5.84 Å². The van der Waals surface area contributed by atoms with Crippen molar-refractivity contribution >= 4 is 11.7 Å². The SMILES string of the molecule is CN1C(c2ccc(-c3ccncc3)cc2)=NC(c2ccc(-c3ccncc3)cc2)=NC1c1ccc(-c2ccncc2)cc1. The molecule has 206 valence electrons. The summed E-state index contributed by atoms with van der Waals surface area (Å²) in [5.41, 5.74) is 9.87. The maximum absolute atomic E-state index is 5.18. The molecule has 1 atom stereocenters. The molecule has 0 radical (unpaired) electrons. The van der Waals surface area contributed by atoms with Gasteiger partial charge in [0.2, 0.25) is 0 Å². The quantitative estimate of drug-likeness (QED) is 0.211. The molecule has 3 aromatic heterocycles. The molecule has 1 unspecified atom stereocenters. The monoisotopic (exact) mass is 556 g/mol. The third-order valence-electron chi connectivity index (χ3n) is 7.69. The topological polar surface area (TPSA) is 66.6 Å². The summed E-state index contributed by atoms with van der Waals surface area (Å²) in [6.07, 6.45) is 10.6. The number of rotatable bonds is 6. The van der Waals surface area contributed by atoms with Gasteiger partial charge in [-0.05, 0) is 75.3 Å². The second kappa shape index (κ2) is 11.6. The molecule has 0 amide bonds. The van der Waals surface area contributed by atoms with E-state index in [-0.39, 0.29) is 6.17 Å². The van der Waals surface area contributed by atoms with Crippen molar-refractivity contribution < 1.29 is 0 Å². The van der Waals surface area contributed by atoms with Gasteiger partial charge in [-0.1, -0.05) is 72.8 Å². The van der Waals surface area contributed by atoms with Crippen molar-refractivity contribution in [3.8, 4) is 33.4 Å². The van der Waals surface area contributed by atoms with Gasteiger partial charge in [-0.25, -0.2) is 9.98 Å². The molecule has 6 heteroatoms. The molecule has 0 saturated carbocycles. The van der Waals surface area contributed by atoms with Crippen LogP contribution in [0.3, 0.4) is 0 Å². The molecule has 0 fully saturated rings. The van der Waals surface area contributed by atoms with Crippen molar-refractivity contribution in [3.63, 3.8) is 0 Å². The fourth-order valence-electron chi connectivity index (χ4n) is 5.34. The van der Waals surface area contributed by atoms with Gasteiger partial charge >= 0.3 is 0 Å². The maximum Gasteiger partial charge on any atom is 0.159 e. The number of hydrogen-bond donors (Lipinski definition) is 0. The van der Waals surface area contributed by atoms with Crippen LogP contribution in [0.5, 0.6) is 0 Å². The fourth-order valence-corrected chi connectivity index (χ4v) is 5.34. The normalized spacial score (nSPS) is 14.6. The Morgan fingerprint density at radius 2 is 0.767 bits per heavy atom. The Morgan fingerprint density at radius 1 is 0.419 bits per heavy atom. The summed E-state index contributed by atoms with van der Waals surface area (Å²) < 4.78 is 0. The Bertz CT molecular complexity index is 1880. The number of pyridine rings is 3. The van der Waals surface area contributed by atoms with Crippen molar-refractivity contribution in [2.45, 2.75) is 6.17 Å². The molecule has 0 N–H and O–H groups in total. The Labute approximate surface area is 250 Å². The lowest BCUT2D eigenvalue weighted by atomic mass is 10.0. The van der Waals surface area contributed by atoms with Crippen molar-refractivity contribution in [2.75, 3.05) is 7.05 Å². The largest absolute Gasteiger partial charge is 0.333 e. The zero-order chi connectivity index (χ0) is 29.0. The van der Waals surface area contributed by atoms with Crippen LogP contribution in [0.25, 0.3) is 33.4 Å². The molecule has 0 spiro atoms. The number of hydrogen-bond acceptors (Lipinski definition) is 6. The van der Waals surface area contributed by atoms with Gasteiger partial charge in [-0.2, -0.15) is 0 Å². The highest BCUT2D eigenvalue weighted by Gasteiger charge is 2.27. The van der Waals surface area contributed by atoms with Crippen LogP contribution in [0.15, 0.2) is 156 Å². The highest BCUT2D eigenvalue weighted by molar-refractivity contribution is 6.13. The minimum absolute atomic E-state index is 0.242. The van der Waals surface area contributed by atoms with Crippen LogP contribution in [0.4, 0.5) is 0 Å². The second-order valence-electron chi connectivity index (χ2n) is 10.4. The smallest absolute Gasteiger partial charge is 0.159 e. The Morgan fingerprint density at radius 3 is 1.21 bits per heavy atom. The lowest BCUT2D eigenvalue weighted by molar-refractivity contribution is 0.383. The number of nitrogens with zero attached hydrogens (tertiary/aromatic N) is 6. The predicted octanol–water partition coefficient (Wildman–Crippen LogP) is 7.71. The first-order chi connectivity index (χ1) is 21.2. The van der Waals surface area contributed by atoms with E-state index in [2.05, 4.69) is 99.7 Å². The molecule has 6 nitrogen and oxygen atoms in total. The van der Waals surface area contributed by atoms with Gasteiger partial charge in [-0.3, -0.25) is 15.0 Å². The van der Waals surface area contributed by atoms with Crippen molar-refractivity contribution in [1.82, 2.24) is 19.9 Å². The molecule has 6 aromatic rings. The summed E-state index contributed by atoms with van der Waals surface area (Å²) in [5.74, 6) is 1.57. The van der Waals surface area contributed by atoms with Gasteiger partial charge in [0.1, 0.15) is 12.0 Å². The van der Waals surface area contributed by atoms with Gasteiger partial charge in [0.25, 0.3) is 0 Å². The van der Waals surface area contributed by atoms with Gasteiger partial charge in [-0.15, -0.1) is 0 Å². The van der Waals surface area contributed by atoms with Crippen LogP contribution >= 0.6 is 0 Å². The Hall–Kier alpha value is -5.75. The molecular formula is C37H28N6. The zero-order valence-corrected chi connectivity index (χ0v) is 23.6. The summed E-state index contributed by atoms with van der Waals surface area (Å²) in [4.78, 5) is 24.9. The van der Waals surface area contributed by atoms with Crippen molar-refractivity contribution in [2.24, 2.45) is 9.98 Å². The van der Waals surface area contributed by atoms with E-state index in [9.17, 15) is 0 Å². The number of aliphatic imine (C=N–C) groups is 2. The van der Waals surface area contributed by atoms with Crippen molar-refractivity contribution in [1.29, 1.82) is 0 Å². The lowest BCUT2D eigenvalue weighted by Crippen LogP contribution is -2.35. The van der Waals surface area contributed by atoms with Gasteiger partial charge in [0, 0.05) is 55.4 Å². The van der Waals surface area contributed by atoms with Crippen LogP contribution in [0.1, 0.15) is 22.9 Å². The molecule has 0 bridgehead atoms. The summed E-state index contributed by atoms with van der Waals surface area (Å²) >= 11 is 0. The van der Waals surface area contributed by atoms with Crippen molar-refractivity contribution in [3.05, 3.63) is 163 Å². The Balaban J connectivity index is 1.26. The lowest BCUT2D eigenvalue weighted by Gasteiger charge is -2.32. The molecule has 4 heterocycles. The molecule has 1 aliphatic heterocycles. The highest BCUT2D eigenvalue weighted by Crippen LogP contribution is 2.31. The molecule has 43 heavy (non-hydrogen) atoms. The average Bonchev–Trinajstić information content (AvgIpc) is 3.10. The summed E-state index contributed by atoms with van der Waals surface area (Å²) in [5, 5.41) is 0. The minimum atomic E-state index is -0.242. The molecule has 1 aliphatic rings. The van der Waals surface area contributed by atoms with E-state index < -0.39 is 0 Å². The van der Waals surface area contributed by atoms with E-state index in [1.54, 1.807) is 0 Å². The summed E-state index contributed by atoms with van der Waals surface area (Å²) in [7, 11) is 2.06. The van der Waals surface area contributed by atoms with E-state index >= 15 is 0 Å². The Kier molecular flexibility index (Phi) is 7.07. The standard InChI is InChI=1S/C37H28N6/c1-43-36(33-10-4-27(5-11-33)30-16-22-39-23-17-30)41-35(32-8-2-26(3-9-32)29-14-20-38-21-15-29)42-37(43)34-12-6-28(7-13-34)31-18-24-40-25-19-31/h2-25,36H,1H3. The average molecular weight is 557 g/mol. The van der Waals surface area contributed by atoms with E-state index in [1.807, 2.05) is 73.6 Å². The first-order valence-electron chi connectivity index (χ1n) is 14.1. The molecule has 7 rings (SSSR count). The molecule has 0 saturated heterocycles. The van der Waals surface area contributed by atoms with Crippen LogP contribution in [0, 0.1) is 0 Å². The zero-order valence-electron chi connectivity index (χ0n) is 23.6. The highest BCUT2D eigenvalue weighted by atomic mass is 15.3. The number of aromatic nitrogens is 3. The molecule has 3 aromatic carbocycles. The van der Waals surface area contributed by atoms with Gasteiger partial charge < -0.3 is 4.90 Å². The van der Waals surface area contributed by atoms with Crippen LogP contribution in [0.2, 0.25) is 0 Å². The van der Waals surface area contributed by atoms with Crippen LogP contribution < -0.4 is 0 Å². The third-order valence-corrected chi connectivity index (χ3v) is 7.69. The van der Waals surface area contributed by atoms with E-state index in [0.717, 1.165) is 55.9 Å². The number of benzene rings is 3. The van der Waals surface area contributed by atoms with E-state index in [4.69, 9.17) is 9.98 Å². The van der Waals surface area contributed by atoms with Crippen LogP contribution in [-0.4, -0.2) is 38.6 Å². The first kappa shape index (κ1) is 26.2. The fraction of sp³-hybridized carbons (Fsp3) is 0.0541. The van der Waals surface area contributed by atoms with Crippen LogP contribution in [-0.2, 0) is 0 Å². The summed E-state index contributed by atoms with van der Waals surface area (Å²) in [6.45, 7) is 0. The molecular weight excluding hydrogens is 528 g/mol. The summed E-state index contributed by atoms with van der Waals surface area (Å²) in [6, 6.07) is 37.6. The first-order valence-corrected chi connectivity index (χ1v) is 14.1. The third kappa shape index (κ3) is 5.46. The predicted molar refractivity (Wildman–Crippen MR) is 173 cm³/mol. The van der Waals surface area contributed by atoms with Gasteiger partial charge in [0.05, 0.1) is 0 Å².